The van der Waals surface area contributed by atoms with Gasteiger partial charge in [-0.1, -0.05) is 74.9 Å². The molecule has 2 N–H and O–H groups in total. The SMILES string of the molecule is CCC(C)C(C(=O)Nc1cccc(NC(=O)c2ccccc2)c1C)c1ccccc1. The van der Waals surface area contributed by atoms with Gasteiger partial charge >= 0.3 is 0 Å². The van der Waals surface area contributed by atoms with E-state index in [1.54, 1.807) is 12.1 Å². The van der Waals surface area contributed by atoms with E-state index in [-0.39, 0.29) is 23.7 Å². The summed E-state index contributed by atoms with van der Waals surface area (Å²) >= 11 is 0. The fraction of sp³-hybridized carbons (Fsp3) is 0.231. The van der Waals surface area contributed by atoms with Gasteiger partial charge in [0.2, 0.25) is 5.91 Å². The number of anilines is 2. The molecule has 2 unspecified atom stereocenters. The van der Waals surface area contributed by atoms with E-state index in [1.165, 1.54) is 0 Å². The summed E-state index contributed by atoms with van der Waals surface area (Å²) in [5.74, 6) is -0.249. The maximum Gasteiger partial charge on any atom is 0.255 e. The van der Waals surface area contributed by atoms with E-state index in [9.17, 15) is 9.59 Å². The van der Waals surface area contributed by atoms with Crippen LogP contribution in [0.15, 0.2) is 78.9 Å². The minimum Gasteiger partial charge on any atom is -0.325 e. The number of carbonyl (C=O) groups is 2. The zero-order chi connectivity index (χ0) is 21.5. The van der Waals surface area contributed by atoms with Gasteiger partial charge in [-0.2, -0.15) is 0 Å². The van der Waals surface area contributed by atoms with E-state index in [4.69, 9.17) is 0 Å². The molecule has 3 aromatic rings. The Balaban J connectivity index is 1.81. The zero-order valence-corrected chi connectivity index (χ0v) is 17.7. The molecule has 0 aromatic heterocycles. The molecule has 0 saturated heterocycles. The van der Waals surface area contributed by atoms with Crippen LogP contribution in [0.4, 0.5) is 11.4 Å². The monoisotopic (exact) mass is 400 g/mol. The molecular weight excluding hydrogens is 372 g/mol. The van der Waals surface area contributed by atoms with Gasteiger partial charge in [0, 0.05) is 16.9 Å². The molecule has 154 valence electrons. The summed E-state index contributed by atoms with van der Waals surface area (Å²) in [6, 6.07) is 24.5. The van der Waals surface area contributed by atoms with Gasteiger partial charge in [0.1, 0.15) is 0 Å². The maximum absolute atomic E-state index is 13.2. The van der Waals surface area contributed by atoms with Crippen molar-refractivity contribution in [1.82, 2.24) is 0 Å². The molecule has 0 bridgehead atoms. The number of amides is 2. The van der Waals surface area contributed by atoms with E-state index in [0.29, 0.717) is 16.9 Å². The van der Waals surface area contributed by atoms with Crippen LogP contribution < -0.4 is 10.6 Å². The number of hydrogen-bond donors (Lipinski definition) is 2. The highest BCUT2D eigenvalue weighted by molar-refractivity contribution is 6.05. The standard InChI is InChI=1S/C26H28N2O2/c1-4-18(2)24(20-12-7-5-8-13-20)26(30)28-23-17-11-16-22(19(23)3)27-25(29)21-14-9-6-10-15-21/h5-18,24H,4H2,1-3H3,(H,27,29)(H,28,30). The Labute approximate surface area is 178 Å². The van der Waals surface area contributed by atoms with E-state index in [2.05, 4.69) is 24.5 Å². The molecular formula is C26H28N2O2. The Hall–Kier alpha value is -3.40. The third kappa shape index (κ3) is 4.95. The summed E-state index contributed by atoms with van der Waals surface area (Å²) in [6.45, 7) is 6.09. The van der Waals surface area contributed by atoms with Crippen LogP contribution in [-0.2, 0) is 4.79 Å². The lowest BCUT2D eigenvalue weighted by Gasteiger charge is -2.23. The molecule has 30 heavy (non-hydrogen) atoms. The number of benzene rings is 3. The second kappa shape index (κ2) is 9.88. The number of nitrogens with one attached hydrogen (secondary N) is 2. The van der Waals surface area contributed by atoms with Crippen molar-refractivity contribution in [3.05, 3.63) is 95.6 Å². The van der Waals surface area contributed by atoms with Crippen LogP contribution in [0, 0.1) is 12.8 Å². The summed E-state index contributed by atoms with van der Waals surface area (Å²) < 4.78 is 0. The lowest BCUT2D eigenvalue weighted by atomic mass is 9.85. The molecule has 2 atom stereocenters. The van der Waals surface area contributed by atoms with Gasteiger partial charge in [0.25, 0.3) is 5.91 Å². The van der Waals surface area contributed by atoms with Crippen molar-refractivity contribution in [2.75, 3.05) is 10.6 Å². The van der Waals surface area contributed by atoms with E-state index in [0.717, 1.165) is 17.5 Å². The Morgan fingerprint density at radius 1 is 0.800 bits per heavy atom. The van der Waals surface area contributed by atoms with Gasteiger partial charge in [0.05, 0.1) is 5.92 Å². The predicted molar refractivity (Wildman–Crippen MR) is 123 cm³/mol. The van der Waals surface area contributed by atoms with Gasteiger partial charge < -0.3 is 10.6 Å². The van der Waals surface area contributed by atoms with Crippen LogP contribution >= 0.6 is 0 Å². The first kappa shape index (κ1) is 21.3. The van der Waals surface area contributed by atoms with Crippen molar-refractivity contribution in [2.24, 2.45) is 5.92 Å². The third-order valence-electron chi connectivity index (χ3n) is 5.53. The summed E-state index contributed by atoms with van der Waals surface area (Å²) in [7, 11) is 0. The normalized spacial score (nSPS) is 12.6. The molecule has 3 aromatic carbocycles. The van der Waals surface area contributed by atoms with Gasteiger partial charge in [-0.05, 0) is 48.2 Å². The quantitative estimate of drug-likeness (QED) is 0.510. The molecule has 3 rings (SSSR count). The second-order valence-electron chi connectivity index (χ2n) is 7.56. The molecule has 0 aliphatic carbocycles. The molecule has 4 nitrogen and oxygen atoms in total. The van der Waals surface area contributed by atoms with E-state index in [1.807, 2.05) is 73.7 Å². The van der Waals surface area contributed by atoms with Crippen molar-refractivity contribution in [3.8, 4) is 0 Å². The fourth-order valence-electron chi connectivity index (χ4n) is 3.54. The molecule has 0 heterocycles. The Morgan fingerprint density at radius 2 is 1.37 bits per heavy atom. The third-order valence-corrected chi connectivity index (χ3v) is 5.53. The van der Waals surface area contributed by atoms with Crippen LogP contribution in [0.1, 0.15) is 47.7 Å². The molecule has 0 fully saturated rings. The highest BCUT2D eigenvalue weighted by atomic mass is 16.2. The highest BCUT2D eigenvalue weighted by Gasteiger charge is 2.26. The first-order valence-corrected chi connectivity index (χ1v) is 10.3. The van der Waals surface area contributed by atoms with Gasteiger partial charge in [-0.15, -0.1) is 0 Å². The van der Waals surface area contributed by atoms with Crippen LogP contribution in [0.3, 0.4) is 0 Å². The first-order valence-electron chi connectivity index (χ1n) is 10.3. The number of rotatable bonds is 7. The second-order valence-corrected chi connectivity index (χ2v) is 7.56. The van der Waals surface area contributed by atoms with Crippen LogP contribution in [0.5, 0.6) is 0 Å². The van der Waals surface area contributed by atoms with E-state index < -0.39 is 0 Å². The summed E-state index contributed by atoms with van der Waals surface area (Å²) in [6.07, 6.45) is 0.902. The Kier molecular flexibility index (Phi) is 7.02. The molecule has 0 radical (unpaired) electrons. The van der Waals surface area contributed by atoms with Crippen LogP contribution in [0.25, 0.3) is 0 Å². The minimum atomic E-state index is -0.238. The van der Waals surface area contributed by atoms with Gasteiger partial charge in [-0.3, -0.25) is 9.59 Å². The zero-order valence-electron chi connectivity index (χ0n) is 17.7. The summed E-state index contributed by atoms with van der Waals surface area (Å²) in [4.78, 5) is 25.7. The lowest BCUT2D eigenvalue weighted by Crippen LogP contribution is -2.26. The van der Waals surface area contributed by atoms with Crippen molar-refractivity contribution in [1.29, 1.82) is 0 Å². The van der Waals surface area contributed by atoms with Crippen molar-refractivity contribution in [2.45, 2.75) is 33.1 Å². The maximum atomic E-state index is 13.2. The molecule has 0 aliphatic heterocycles. The van der Waals surface area contributed by atoms with E-state index >= 15 is 0 Å². The lowest BCUT2D eigenvalue weighted by molar-refractivity contribution is -0.118. The minimum absolute atomic E-state index is 0.0369. The molecule has 2 amide bonds. The smallest absolute Gasteiger partial charge is 0.255 e. The van der Waals surface area contributed by atoms with Crippen LogP contribution in [0.2, 0.25) is 0 Å². The van der Waals surface area contributed by atoms with Crippen LogP contribution in [-0.4, -0.2) is 11.8 Å². The summed E-state index contributed by atoms with van der Waals surface area (Å²) in [5.41, 5.74) is 3.81. The average Bonchev–Trinajstić information content (AvgIpc) is 2.77. The average molecular weight is 401 g/mol. The molecule has 0 saturated carbocycles. The highest BCUT2D eigenvalue weighted by Crippen LogP contribution is 2.30. The topological polar surface area (TPSA) is 58.2 Å². The molecule has 4 heteroatoms. The number of carbonyl (C=O) groups excluding carboxylic acids is 2. The Morgan fingerprint density at radius 3 is 1.97 bits per heavy atom. The fourth-order valence-corrected chi connectivity index (χ4v) is 3.54. The summed E-state index contributed by atoms with van der Waals surface area (Å²) in [5, 5.41) is 6.03. The Bertz CT molecular complexity index is 1000. The van der Waals surface area contributed by atoms with Crippen molar-refractivity contribution < 1.29 is 9.59 Å². The van der Waals surface area contributed by atoms with Crippen molar-refractivity contribution in [3.63, 3.8) is 0 Å². The van der Waals surface area contributed by atoms with Crippen molar-refractivity contribution >= 4 is 23.2 Å². The first-order chi connectivity index (χ1) is 14.5. The predicted octanol–water partition coefficient (Wildman–Crippen LogP) is 6.02. The largest absolute Gasteiger partial charge is 0.325 e. The number of hydrogen-bond acceptors (Lipinski definition) is 2. The molecule has 0 aliphatic rings. The van der Waals surface area contributed by atoms with Gasteiger partial charge in [-0.25, -0.2) is 0 Å². The van der Waals surface area contributed by atoms with Gasteiger partial charge in [0.15, 0.2) is 0 Å². The molecule has 0 spiro atoms.